The lowest BCUT2D eigenvalue weighted by Crippen LogP contribution is -2.48. The van der Waals surface area contributed by atoms with E-state index in [1.807, 2.05) is 0 Å². The number of unbranched alkanes of at least 4 members (excludes halogenated alkanes) is 5. The molecule has 2 N–H and O–H groups in total. The molecule has 5 heteroatoms. The molecule has 1 heterocycles. The van der Waals surface area contributed by atoms with Crippen LogP contribution < -0.4 is 5.73 Å². The first-order valence-corrected chi connectivity index (χ1v) is 9.79. The summed E-state index contributed by atoms with van der Waals surface area (Å²) in [6.07, 6.45) is 12.9. The van der Waals surface area contributed by atoms with Crippen LogP contribution in [0.15, 0.2) is 12.2 Å². The topological polar surface area (TPSA) is 70.8 Å². The number of esters is 1. The van der Waals surface area contributed by atoms with Crippen LogP contribution >= 0.6 is 0 Å². The maximum Gasteiger partial charge on any atom is 0.319 e. The number of carbonyl (C=O) groups excluding carboxylic acids is 1. The number of allylic oxidation sites excluding steroid dienone is 1. The zero-order valence-electron chi connectivity index (χ0n) is 16.2. The fourth-order valence-electron chi connectivity index (χ4n) is 3.44. The zero-order valence-corrected chi connectivity index (χ0v) is 16.2. The maximum absolute atomic E-state index is 11.4. The fourth-order valence-corrected chi connectivity index (χ4v) is 3.44. The van der Waals surface area contributed by atoms with E-state index in [0.29, 0.717) is 13.2 Å². The van der Waals surface area contributed by atoms with Gasteiger partial charge in [0.2, 0.25) is 0 Å². The molecule has 1 fully saturated rings. The minimum Gasteiger partial charge on any atom is -0.464 e. The number of rotatable bonds is 12. The zero-order chi connectivity index (χ0) is 18.5. The Hall–Kier alpha value is -0.910. The Morgan fingerprint density at radius 2 is 2.00 bits per heavy atom. The van der Waals surface area contributed by atoms with Crippen molar-refractivity contribution in [2.75, 3.05) is 26.9 Å². The molecule has 1 aliphatic heterocycles. The van der Waals surface area contributed by atoms with Crippen molar-refractivity contribution in [2.45, 2.75) is 71.0 Å². The molecule has 0 radical (unpaired) electrons. The van der Waals surface area contributed by atoms with E-state index in [-0.39, 0.29) is 36.6 Å². The normalized spacial score (nSPS) is 26.9. The van der Waals surface area contributed by atoms with E-state index in [0.717, 1.165) is 12.8 Å². The van der Waals surface area contributed by atoms with Gasteiger partial charge in [0.25, 0.3) is 0 Å². The highest BCUT2D eigenvalue weighted by molar-refractivity contribution is 5.71. The van der Waals surface area contributed by atoms with Gasteiger partial charge in [0.05, 0.1) is 32.0 Å². The van der Waals surface area contributed by atoms with Crippen molar-refractivity contribution in [3.63, 3.8) is 0 Å². The third-order valence-electron chi connectivity index (χ3n) is 4.92. The standard InChI is InChI=1S/C20H37NO4/c1-4-5-6-7-8-9-10-11-12-18-17(15-25-19(22)13-21)20(23-3)16(2)14-24-18/h10-11,16-18,20H,4-9,12-15,21H2,1-3H3/b11-10+/t16-,17-,18-,20-/m0/s1. The van der Waals surface area contributed by atoms with E-state index < -0.39 is 0 Å². The molecular weight excluding hydrogens is 318 g/mol. The number of nitrogens with two attached hydrogens (primary N) is 1. The van der Waals surface area contributed by atoms with Crippen molar-refractivity contribution < 1.29 is 19.0 Å². The molecule has 0 amide bonds. The lowest BCUT2D eigenvalue weighted by molar-refractivity contribution is -0.165. The number of hydrogen-bond acceptors (Lipinski definition) is 5. The fraction of sp³-hybridized carbons (Fsp3) is 0.850. The summed E-state index contributed by atoms with van der Waals surface area (Å²) in [5.41, 5.74) is 5.33. The molecule has 0 aromatic heterocycles. The Labute approximate surface area is 153 Å². The van der Waals surface area contributed by atoms with Crippen LogP contribution in [0.4, 0.5) is 0 Å². The average Bonchev–Trinajstić information content (AvgIpc) is 2.62. The molecule has 0 spiro atoms. The number of methoxy groups -OCH3 is 1. The van der Waals surface area contributed by atoms with E-state index in [9.17, 15) is 4.79 Å². The Balaban J connectivity index is 2.45. The van der Waals surface area contributed by atoms with Crippen LogP contribution in [0, 0.1) is 11.8 Å². The van der Waals surface area contributed by atoms with Crippen molar-refractivity contribution in [3.05, 3.63) is 12.2 Å². The van der Waals surface area contributed by atoms with E-state index in [4.69, 9.17) is 19.9 Å². The molecular formula is C20H37NO4. The van der Waals surface area contributed by atoms with Crippen LogP contribution in [0.3, 0.4) is 0 Å². The minimum atomic E-state index is -0.380. The second kappa shape index (κ2) is 13.3. The van der Waals surface area contributed by atoms with Crippen LogP contribution in [0.2, 0.25) is 0 Å². The highest BCUT2D eigenvalue weighted by Gasteiger charge is 2.38. The molecule has 0 bridgehead atoms. The molecule has 0 aromatic carbocycles. The van der Waals surface area contributed by atoms with E-state index >= 15 is 0 Å². The summed E-state index contributed by atoms with van der Waals surface area (Å²) in [4.78, 5) is 11.4. The summed E-state index contributed by atoms with van der Waals surface area (Å²) in [6.45, 7) is 5.22. The van der Waals surface area contributed by atoms with Gasteiger partial charge in [-0.1, -0.05) is 51.7 Å². The SMILES string of the molecule is CCCCCCC/C=C/C[C@@H]1OC[C@H](C)[C@H](OC)[C@H]1COC(=O)CN. The van der Waals surface area contributed by atoms with Gasteiger partial charge >= 0.3 is 5.97 Å². The molecule has 146 valence electrons. The van der Waals surface area contributed by atoms with Gasteiger partial charge in [-0.05, 0) is 19.3 Å². The lowest BCUT2D eigenvalue weighted by Gasteiger charge is -2.40. The summed E-state index contributed by atoms with van der Waals surface area (Å²) < 4.78 is 17.0. The van der Waals surface area contributed by atoms with Gasteiger partial charge in [-0.15, -0.1) is 0 Å². The summed E-state index contributed by atoms with van der Waals surface area (Å²) in [7, 11) is 1.72. The first-order valence-electron chi connectivity index (χ1n) is 9.79. The third-order valence-corrected chi connectivity index (χ3v) is 4.92. The quantitative estimate of drug-likeness (QED) is 0.330. The second-order valence-corrected chi connectivity index (χ2v) is 7.01. The predicted octanol–water partition coefficient (Wildman–Crippen LogP) is 3.46. The number of ether oxygens (including phenoxy) is 3. The van der Waals surface area contributed by atoms with Crippen molar-refractivity contribution in [1.82, 2.24) is 0 Å². The van der Waals surface area contributed by atoms with Crippen molar-refractivity contribution >= 4 is 5.97 Å². The Morgan fingerprint density at radius 3 is 2.68 bits per heavy atom. The first-order chi connectivity index (χ1) is 12.1. The first kappa shape index (κ1) is 22.1. The summed E-state index contributed by atoms with van der Waals surface area (Å²) in [5.74, 6) is -0.0571. The highest BCUT2D eigenvalue weighted by Crippen LogP contribution is 2.30. The molecule has 0 saturated carbocycles. The van der Waals surface area contributed by atoms with Gasteiger partial charge in [-0.2, -0.15) is 0 Å². The molecule has 25 heavy (non-hydrogen) atoms. The Kier molecular flexibility index (Phi) is 11.8. The summed E-state index contributed by atoms with van der Waals surface area (Å²) >= 11 is 0. The van der Waals surface area contributed by atoms with E-state index in [1.165, 1.54) is 32.1 Å². The number of carbonyl (C=O) groups is 1. The van der Waals surface area contributed by atoms with E-state index in [2.05, 4.69) is 26.0 Å². The van der Waals surface area contributed by atoms with Crippen LogP contribution in [-0.2, 0) is 19.0 Å². The molecule has 0 aromatic rings. The number of hydrogen-bond donors (Lipinski definition) is 1. The van der Waals surface area contributed by atoms with E-state index in [1.54, 1.807) is 7.11 Å². The molecule has 1 rings (SSSR count). The van der Waals surface area contributed by atoms with Gasteiger partial charge in [0.1, 0.15) is 0 Å². The largest absolute Gasteiger partial charge is 0.464 e. The third kappa shape index (κ3) is 8.34. The molecule has 1 aliphatic rings. The van der Waals surface area contributed by atoms with Gasteiger partial charge in [-0.25, -0.2) is 0 Å². The summed E-state index contributed by atoms with van der Waals surface area (Å²) in [5, 5.41) is 0. The molecule has 4 atom stereocenters. The van der Waals surface area contributed by atoms with Gasteiger partial charge < -0.3 is 19.9 Å². The lowest BCUT2D eigenvalue weighted by atomic mass is 9.84. The highest BCUT2D eigenvalue weighted by atomic mass is 16.5. The van der Waals surface area contributed by atoms with Gasteiger partial charge in [-0.3, -0.25) is 4.79 Å². The van der Waals surface area contributed by atoms with Gasteiger partial charge in [0, 0.05) is 18.9 Å². The smallest absolute Gasteiger partial charge is 0.319 e. The Morgan fingerprint density at radius 1 is 1.24 bits per heavy atom. The van der Waals surface area contributed by atoms with Crippen LogP contribution in [0.1, 0.15) is 58.8 Å². The minimum absolute atomic E-state index is 0.0167. The van der Waals surface area contributed by atoms with Crippen LogP contribution in [0.25, 0.3) is 0 Å². The Bertz CT molecular complexity index is 386. The maximum atomic E-state index is 11.4. The average molecular weight is 356 g/mol. The molecule has 0 aliphatic carbocycles. The van der Waals surface area contributed by atoms with Crippen molar-refractivity contribution in [1.29, 1.82) is 0 Å². The van der Waals surface area contributed by atoms with Gasteiger partial charge in [0.15, 0.2) is 0 Å². The second-order valence-electron chi connectivity index (χ2n) is 7.01. The van der Waals surface area contributed by atoms with Crippen LogP contribution in [0.5, 0.6) is 0 Å². The monoisotopic (exact) mass is 355 g/mol. The molecule has 1 saturated heterocycles. The van der Waals surface area contributed by atoms with Crippen molar-refractivity contribution in [3.8, 4) is 0 Å². The summed E-state index contributed by atoms with van der Waals surface area (Å²) in [6, 6.07) is 0. The van der Waals surface area contributed by atoms with Crippen molar-refractivity contribution in [2.24, 2.45) is 17.6 Å². The molecule has 0 unspecified atom stereocenters. The molecule has 5 nitrogen and oxygen atoms in total. The van der Waals surface area contributed by atoms with Crippen LogP contribution in [-0.4, -0.2) is 45.0 Å². The predicted molar refractivity (Wildman–Crippen MR) is 100 cm³/mol.